The molecule has 6 atom stereocenters. The summed E-state index contributed by atoms with van der Waals surface area (Å²) < 4.78 is 19.8. The van der Waals surface area contributed by atoms with Gasteiger partial charge < -0.3 is 33.9 Å². The fourth-order valence-corrected chi connectivity index (χ4v) is 10.7. The highest BCUT2D eigenvalue weighted by atomic mass is 16.5. The number of hydrogen-bond donors (Lipinski definition) is 2. The number of nitrogens with zero attached hydrogens (tertiary/aromatic N) is 6. The average Bonchev–Trinajstić information content (AvgIpc) is 3.99. The largest absolute Gasteiger partial charge is 0.464 e. The van der Waals surface area contributed by atoms with Crippen LogP contribution in [0.1, 0.15) is 84.5 Å². The summed E-state index contributed by atoms with van der Waals surface area (Å²) >= 11 is 0. The molecule has 5 heterocycles. The molecule has 3 saturated heterocycles. The molecule has 0 saturated carbocycles. The number of morpholine rings is 1. The van der Waals surface area contributed by atoms with Crippen molar-refractivity contribution in [2.45, 2.75) is 117 Å². The number of likely N-dealkylation sites (N-methyl/N-ethyl adjacent to an activating group) is 2. The van der Waals surface area contributed by atoms with Gasteiger partial charge in [-0.2, -0.15) is 0 Å². The minimum Gasteiger partial charge on any atom is -0.464 e. The Morgan fingerprint density at radius 3 is 2.55 bits per heavy atom. The fourth-order valence-electron chi connectivity index (χ4n) is 10.7. The zero-order valence-electron chi connectivity index (χ0n) is 44.6. The van der Waals surface area contributed by atoms with Gasteiger partial charge in [0, 0.05) is 81.4 Å². The van der Waals surface area contributed by atoms with E-state index in [2.05, 4.69) is 83.7 Å². The minimum atomic E-state index is -1.08. The number of hydrogen-bond acceptors (Lipinski definition) is 11. The van der Waals surface area contributed by atoms with Crippen LogP contribution in [0.4, 0.5) is 0 Å². The number of cyclic esters (lactones) is 1. The highest BCUT2D eigenvalue weighted by molar-refractivity contribution is 5.97. The Morgan fingerprint density at radius 1 is 1.08 bits per heavy atom. The van der Waals surface area contributed by atoms with Crippen LogP contribution in [0.15, 0.2) is 65.8 Å². The fraction of sp³-hybridized carbons (Fsp3) is 0.544. The molecule has 0 aliphatic carbocycles. The van der Waals surface area contributed by atoms with Crippen LogP contribution in [0.25, 0.3) is 27.6 Å². The summed E-state index contributed by atoms with van der Waals surface area (Å²) in [5, 5.41) is 5.55. The molecule has 4 aliphatic heterocycles. The lowest BCUT2D eigenvalue weighted by Crippen LogP contribution is -2.62. The summed E-state index contributed by atoms with van der Waals surface area (Å²) in [6.45, 7) is 21.6. The van der Waals surface area contributed by atoms with Crippen molar-refractivity contribution in [1.29, 1.82) is 0 Å². The maximum atomic E-state index is 14.8. The topological polar surface area (TPSA) is 167 Å². The molecular formula is C57H76N8O8. The molecule has 1 unspecified atom stereocenters. The molecule has 0 spiro atoms. The zero-order chi connectivity index (χ0) is 52.7. The normalized spacial score (nSPS) is 23.0. The van der Waals surface area contributed by atoms with Gasteiger partial charge in [-0.3, -0.25) is 38.9 Å². The lowest BCUT2D eigenvalue weighted by molar-refractivity contribution is -0.155. The van der Waals surface area contributed by atoms with E-state index in [-0.39, 0.29) is 49.5 Å². The second kappa shape index (κ2) is 23.8. The number of nitrogens with one attached hydrogen (secondary N) is 2. The number of ether oxygens (including phenoxy) is 3. The number of carbonyl (C=O) groups excluding carboxylic acids is 5. The predicted molar refractivity (Wildman–Crippen MR) is 284 cm³/mol. The molecule has 4 amide bonds. The lowest BCUT2D eigenvalue weighted by atomic mass is 9.84. The zero-order valence-corrected chi connectivity index (χ0v) is 44.6. The Morgan fingerprint density at radius 2 is 1.85 bits per heavy atom. The van der Waals surface area contributed by atoms with Gasteiger partial charge in [-0.15, -0.1) is 0 Å². The van der Waals surface area contributed by atoms with E-state index in [4.69, 9.17) is 19.2 Å². The molecule has 392 valence electrons. The van der Waals surface area contributed by atoms with Crippen molar-refractivity contribution in [1.82, 2.24) is 35.0 Å². The Hall–Kier alpha value is -6.12. The van der Waals surface area contributed by atoms with Crippen LogP contribution in [0.5, 0.6) is 0 Å². The van der Waals surface area contributed by atoms with E-state index in [1.807, 2.05) is 59.0 Å². The quantitative estimate of drug-likeness (QED) is 0.106. The third-order valence-corrected chi connectivity index (χ3v) is 14.8. The van der Waals surface area contributed by atoms with Crippen LogP contribution < -0.4 is 10.7 Å². The molecule has 6 bridgehead atoms. The molecule has 16 heteroatoms. The number of aromatic nitrogens is 1. The molecule has 3 aromatic rings. The number of benzene rings is 2. The first kappa shape index (κ1) is 54.6. The third-order valence-electron chi connectivity index (χ3n) is 14.8. The van der Waals surface area contributed by atoms with Gasteiger partial charge in [0.15, 0.2) is 0 Å². The van der Waals surface area contributed by atoms with Crippen molar-refractivity contribution in [2.75, 3.05) is 67.2 Å². The number of hydrazine groups is 1. The summed E-state index contributed by atoms with van der Waals surface area (Å²) in [4.78, 5) is 80.9. The lowest BCUT2D eigenvalue weighted by Gasteiger charge is -2.37. The Balaban J connectivity index is 1.22. The van der Waals surface area contributed by atoms with Crippen molar-refractivity contribution >= 4 is 52.3 Å². The van der Waals surface area contributed by atoms with Crippen molar-refractivity contribution in [3.05, 3.63) is 77.6 Å². The van der Waals surface area contributed by atoms with E-state index in [0.29, 0.717) is 58.5 Å². The highest BCUT2D eigenvalue weighted by Crippen LogP contribution is 2.40. The number of amides is 4. The van der Waals surface area contributed by atoms with E-state index >= 15 is 0 Å². The summed E-state index contributed by atoms with van der Waals surface area (Å²) in [6.07, 6.45) is 5.39. The van der Waals surface area contributed by atoms with E-state index in [1.165, 1.54) is 9.91 Å². The van der Waals surface area contributed by atoms with Gasteiger partial charge in [0.2, 0.25) is 11.8 Å². The monoisotopic (exact) mass is 1000 g/mol. The summed E-state index contributed by atoms with van der Waals surface area (Å²) in [7, 11) is 5.23. The van der Waals surface area contributed by atoms with E-state index in [9.17, 15) is 24.0 Å². The van der Waals surface area contributed by atoms with Gasteiger partial charge in [0.1, 0.15) is 18.1 Å². The van der Waals surface area contributed by atoms with E-state index < -0.39 is 47.2 Å². The first-order valence-electron chi connectivity index (χ1n) is 25.9. The van der Waals surface area contributed by atoms with Crippen LogP contribution in [0, 0.1) is 29.1 Å². The molecule has 2 aromatic carbocycles. The van der Waals surface area contributed by atoms with Gasteiger partial charge in [-0.25, -0.2) is 5.43 Å². The van der Waals surface area contributed by atoms with Crippen LogP contribution >= 0.6 is 0 Å². The smallest absolute Gasteiger partial charge is 0.324 e. The number of aliphatic imine (C=N–C) groups is 1. The number of allylic oxidation sites excluding steroid dienone is 2. The van der Waals surface area contributed by atoms with Crippen molar-refractivity contribution in [3.63, 3.8) is 0 Å². The van der Waals surface area contributed by atoms with Gasteiger partial charge >= 0.3 is 5.97 Å². The standard InChI is InChI=1S/C57H76N8O8/c1-12-43(50(58-13-2)37(6)71-11)52-45-32-57(7,8)35-73-56(70)46-19-16-25-65(60-46)55(69)47(30-38-17-15-18-39(29-38)40-20-22-48(44(45)31-40)64(52)14-3)59-53(67)51(36(4)5)62(10)54(68)41-24-26-63(33-41)49(66)23-21-42-34-72-28-27-61(42)9/h12-13,15,17-18,20,22,29,31,36-37,41-42,46-47,51,60H,1,14,16,19,24-28,30,32-35H2,2-11H3,(H,59,67)/b50-43+,58-13-/t37-,41?,42+,46-,47-,51-/m0/s1. The number of aryl methyl sites for hydroxylation is 1. The molecule has 73 heavy (non-hydrogen) atoms. The average molecular weight is 1000 g/mol. The number of carbonyl (C=O) groups is 5. The first-order valence-corrected chi connectivity index (χ1v) is 25.9. The molecule has 7 rings (SSSR count). The maximum absolute atomic E-state index is 14.8. The molecule has 16 nitrogen and oxygen atoms in total. The first-order chi connectivity index (χ1) is 34.9. The van der Waals surface area contributed by atoms with Gasteiger partial charge in [-0.1, -0.05) is 76.6 Å². The summed E-state index contributed by atoms with van der Waals surface area (Å²) in [5.74, 6) is 2.96. The molecule has 3 fully saturated rings. The Kier molecular flexibility index (Phi) is 17.8. The second-order valence-corrected chi connectivity index (χ2v) is 21.0. The molecule has 2 N–H and O–H groups in total. The molecule has 0 radical (unpaired) electrons. The Labute approximate surface area is 431 Å². The minimum absolute atomic E-state index is 0.110. The van der Waals surface area contributed by atoms with E-state index in [0.717, 1.165) is 56.7 Å². The number of likely N-dealkylation sites (tertiary alicyclic amines) is 1. The predicted octanol–water partition coefficient (Wildman–Crippen LogP) is 5.66. The number of fused-ring (bicyclic) bond motifs is 6. The number of methoxy groups -OCH3 is 1. The van der Waals surface area contributed by atoms with Crippen molar-refractivity contribution in [2.24, 2.45) is 22.2 Å². The van der Waals surface area contributed by atoms with Crippen LogP contribution in [0.2, 0.25) is 0 Å². The van der Waals surface area contributed by atoms with Crippen molar-refractivity contribution < 1.29 is 38.2 Å². The highest BCUT2D eigenvalue weighted by Gasteiger charge is 2.40. The van der Waals surface area contributed by atoms with Gasteiger partial charge in [0.25, 0.3) is 11.8 Å². The molecule has 4 aliphatic rings. The molecule has 1 aromatic heterocycles. The molecular weight excluding hydrogens is 925 g/mol. The third kappa shape index (κ3) is 12.3. The van der Waals surface area contributed by atoms with Crippen molar-refractivity contribution in [3.8, 4) is 23.0 Å². The Bertz CT molecular complexity index is 2690. The van der Waals surface area contributed by atoms with Crippen LogP contribution in [-0.4, -0.2) is 158 Å². The van der Waals surface area contributed by atoms with Gasteiger partial charge in [-0.05, 0) is 99.7 Å². The maximum Gasteiger partial charge on any atom is 0.324 e. The SMILES string of the molecule is C=C/C(=C(\N=C/C)[C@H](C)OC)c1c2c3cc(ccc3n1CC)-c1cccc(c1)C[C@H](NC(=O)[C@H](C(C)C)N(C)C(=O)C1CCN(C(=O)C#C[C@@H]3COCCN3C)C1)C(=O)N1CCC[C@H](N1)C(=O)OCC(C)(C)C2. The van der Waals surface area contributed by atoms with Gasteiger partial charge in [0.05, 0.1) is 49.3 Å². The number of rotatable bonds is 11. The van der Waals surface area contributed by atoms with Crippen LogP contribution in [0.3, 0.4) is 0 Å². The van der Waals surface area contributed by atoms with Crippen LogP contribution in [-0.2, 0) is 57.6 Å². The second-order valence-electron chi connectivity index (χ2n) is 21.0. The van der Waals surface area contributed by atoms with E-state index in [1.54, 1.807) is 25.3 Å². The number of esters is 1. The summed E-state index contributed by atoms with van der Waals surface area (Å²) in [6, 6.07) is 11.5. The summed E-state index contributed by atoms with van der Waals surface area (Å²) in [5.41, 5.74) is 10.0.